The Hall–Kier alpha value is -3.62. The van der Waals surface area contributed by atoms with Gasteiger partial charge < -0.3 is 24.3 Å². The van der Waals surface area contributed by atoms with Gasteiger partial charge in [-0.2, -0.15) is 0 Å². The molecule has 1 fully saturated rings. The molecule has 1 aromatic heterocycles. The number of H-pyrrole nitrogens is 1. The first kappa shape index (κ1) is 18.2. The van der Waals surface area contributed by atoms with Crippen LogP contribution < -0.4 is 9.47 Å². The van der Waals surface area contributed by atoms with Gasteiger partial charge in [-0.25, -0.2) is 0 Å². The topological polar surface area (TPSA) is 74.9 Å². The van der Waals surface area contributed by atoms with Gasteiger partial charge in [0, 0.05) is 30.1 Å². The maximum absolute atomic E-state index is 13.5. The molecule has 0 radical (unpaired) electrons. The number of halogens is 2. The molecule has 1 N–H and O–H groups in total. The van der Waals surface area contributed by atoms with Gasteiger partial charge in [0.15, 0.2) is 11.5 Å². The number of likely N-dealkylation sites (N-methyl/N-ethyl adjacent to an activating group) is 1. The van der Waals surface area contributed by atoms with Crippen molar-refractivity contribution < 1.29 is 27.8 Å². The Morgan fingerprint density at radius 1 is 1.10 bits per heavy atom. The molecule has 2 aromatic carbocycles. The SMILES string of the molecule is CN1CC(=O)N2[C@H](c3ccc4c(c3)OC(F)(F)O4)c3[nH]c4ccccc4c3C[C@@H]2C1=O. The highest BCUT2D eigenvalue weighted by Gasteiger charge is 2.48. The van der Waals surface area contributed by atoms with Gasteiger partial charge in [-0.1, -0.05) is 24.3 Å². The van der Waals surface area contributed by atoms with E-state index >= 15 is 0 Å². The molecule has 0 aliphatic carbocycles. The van der Waals surface area contributed by atoms with Crippen LogP contribution in [0.1, 0.15) is 22.9 Å². The Kier molecular flexibility index (Phi) is 3.50. The normalized spacial score (nSPS) is 23.8. The summed E-state index contributed by atoms with van der Waals surface area (Å²) in [6.07, 6.45) is -3.35. The Labute approximate surface area is 175 Å². The third-order valence-electron chi connectivity index (χ3n) is 6.19. The van der Waals surface area contributed by atoms with Crippen LogP contribution in [-0.2, 0) is 16.0 Å². The van der Waals surface area contributed by atoms with E-state index in [4.69, 9.17) is 0 Å². The molecule has 0 spiro atoms. The van der Waals surface area contributed by atoms with Crippen molar-refractivity contribution in [3.8, 4) is 11.5 Å². The summed E-state index contributed by atoms with van der Waals surface area (Å²) < 4.78 is 36.2. The molecule has 1 saturated heterocycles. The van der Waals surface area contributed by atoms with Crippen LogP contribution in [0.4, 0.5) is 8.78 Å². The number of aromatic nitrogens is 1. The lowest BCUT2D eigenvalue weighted by atomic mass is 9.86. The van der Waals surface area contributed by atoms with Crippen LogP contribution in [-0.4, -0.2) is 52.5 Å². The Balaban J connectivity index is 1.56. The second-order valence-corrected chi connectivity index (χ2v) is 8.05. The summed E-state index contributed by atoms with van der Waals surface area (Å²) in [5.41, 5.74) is 3.16. The Bertz CT molecular complexity index is 1270. The molecule has 3 aliphatic rings. The predicted molar refractivity (Wildman–Crippen MR) is 105 cm³/mol. The number of ether oxygens (including phenoxy) is 2. The smallest absolute Gasteiger partial charge is 0.395 e. The fourth-order valence-electron chi connectivity index (χ4n) is 4.89. The number of hydrogen-bond donors (Lipinski definition) is 1. The summed E-state index contributed by atoms with van der Waals surface area (Å²) in [7, 11) is 1.61. The van der Waals surface area contributed by atoms with Crippen LogP contribution in [0.3, 0.4) is 0 Å². The molecule has 9 heteroatoms. The number of benzene rings is 2. The molecule has 7 nitrogen and oxygen atoms in total. The van der Waals surface area contributed by atoms with Crippen molar-refractivity contribution in [2.24, 2.45) is 0 Å². The number of nitrogens with zero attached hydrogens (tertiary/aromatic N) is 2. The lowest BCUT2D eigenvalue weighted by Crippen LogP contribution is -2.62. The number of alkyl halides is 2. The van der Waals surface area contributed by atoms with Crippen molar-refractivity contribution >= 4 is 22.7 Å². The van der Waals surface area contributed by atoms with Crippen LogP contribution in [0, 0.1) is 0 Å². The quantitative estimate of drug-likeness (QED) is 0.651. The van der Waals surface area contributed by atoms with Crippen molar-refractivity contribution in [3.63, 3.8) is 0 Å². The van der Waals surface area contributed by atoms with Gasteiger partial charge >= 0.3 is 6.29 Å². The van der Waals surface area contributed by atoms with E-state index in [2.05, 4.69) is 14.5 Å². The summed E-state index contributed by atoms with van der Waals surface area (Å²) in [6, 6.07) is 10.9. The van der Waals surface area contributed by atoms with E-state index in [1.165, 1.54) is 17.0 Å². The van der Waals surface area contributed by atoms with Gasteiger partial charge in [-0.15, -0.1) is 8.78 Å². The van der Waals surface area contributed by atoms with Crippen molar-refractivity contribution in [1.82, 2.24) is 14.8 Å². The number of nitrogens with one attached hydrogen (secondary N) is 1. The number of carbonyl (C=O) groups is 2. The Morgan fingerprint density at radius 3 is 2.71 bits per heavy atom. The third kappa shape index (κ3) is 2.55. The molecular formula is C22H17F2N3O4. The molecule has 158 valence electrons. The maximum atomic E-state index is 13.5. The first-order valence-corrected chi connectivity index (χ1v) is 9.88. The fraction of sp³-hybridized carbons (Fsp3) is 0.273. The van der Waals surface area contributed by atoms with Crippen molar-refractivity contribution in [2.45, 2.75) is 24.8 Å². The molecule has 2 amide bonds. The summed E-state index contributed by atoms with van der Waals surface area (Å²) in [4.78, 5) is 32.5. The summed E-state index contributed by atoms with van der Waals surface area (Å²) in [5, 5.41) is 0.975. The van der Waals surface area contributed by atoms with Gasteiger partial charge in [0.2, 0.25) is 11.8 Å². The number of aromatic amines is 1. The standard InChI is InChI=1S/C22H17F2N3O4/c1-26-10-18(28)27-15(21(26)29)9-13-12-4-2-3-5-14(12)25-19(13)20(27)11-6-7-16-17(8-11)31-22(23,24)30-16/h2-8,15,20,25H,9-10H2,1H3/t15-,20-/m1/s1. The maximum Gasteiger partial charge on any atom is 0.586 e. The number of piperazine rings is 1. The van der Waals surface area contributed by atoms with Gasteiger partial charge in [-0.3, -0.25) is 9.59 Å². The van der Waals surface area contributed by atoms with Crippen LogP contribution in [0.15, 0.2) is 42.5 Å². The number of amides is 2. The molecule has 4 heterocycles. The zero-order chi connectivity index (χ0) is 21.5. The molecule has 0 bridgehead atoms. The van der Waals surface area contributed by atoms with Gasteiger partial charge in [0.05, 0.1) is 12.6 Å². The molecule has 3 aliphatic heterocycles. The van der Waals surface area contributed by atoms with E-state index in [1.807, 2.05) is 24.3 Å². The van der Waals surface area contributed by atoms with Gasteiger partial charge in [0.25, 0.3) is 0 Å². The first-order chi connectivity index (χ1) is 14.8. The number of carbonyl (C=O) groups excluding carboxylic acids is 2. The van der Waals surface area contributed by atoms with E-state index in [1.54, 1.807) is 18.0 Å². The number of para-hydroxylation sites is 1. The monoisotopic (exact) mass is 425 g/mol. The van der Waals surface area contributed by atoms with Crippen LogP contribution >= 0.6 is 0 Å². The van der Waals surface area contributed by atoms with Crippen LogP contribution in [0.25, 0.3) is 10.9 Å². The van der Waals surface area contributed by atoms with E-state index in [9.17, 15) is 18.4 Å². The lowest BCUT2D eigenvalue weighted by Gasteiger charge is -2.46. The molecule has 2 atom stereocenters. The highest BCUT2D eigenvalue weighted by Crippen LogP contribution is 2.46. The number of hydrogen-bond acceptors (Lipinski definition) is 4. The summed E-state index contributed by atoms with van der Waals surface area (Å²) >= 11 is 0. The van der Waals surface area contributed by atoms with E-state index in [-0.39, 0.29) is 29.9 Å². The largest absolute Gasteiger partial charge is 0.586 e. The molecule has 0 saturated carbocycles. The minimum atomic E-state index is -3.73. The van der Waals surface area contributed by atoms with Crippen molar-refractivity contribution in [2.75, 3.05) is 13.6 Å². The summed E-state index contributed by atoms with van der Waals surface area (Å²) in [6.45, 7) is -0.0377. The molecule has 6 rings (SSSR count). The van der Waals surface area contributed by atoms with Crippen molar-refractivity contribution in [1.29, 1.82) is 0 Å². The minimum absolute atomic E-state index is 0.0377. The molecule has 3 aromatic rings. The second kappa shape index (κ2) is 5.96. The van der Waals surface area contributed by atoms with Gasteiger partial charge in [0.1, 0.15) is 6.04 Å². The predicted octanol–water partition coefficient (Wildman–Crippen LogP) is 2.80. The fourth-order valence-corrected chi connectivity index (χ4v) is 4.89. The van der Waals surface area contributed by atoms with E-state index in [0.717, 1.165) is 22.2 Å². The zero-order valence-corrected chi connectivity index (χ0v) is 16.4. The van der Waals surface area contributed by atoms with E-state index in [0.29, 0.717) is 12.0 Å². The second-order valence-electron chi connectivity index (χ2n) is 8.05. The van der Waals surface area contributed by atoms with Crippen molar-refractivity contribution in [3.05, 3.63) is 59.3 Å². The number of fused-ring (bicyclic) bond motifs is 5. The van der Waals surface area contributed by atoms with E-state index < -0.39 is 18.4 Å². The average Bonchev–Trinajstić information content (AvgIpc) is 3.25. The summed E-state index contributed by atoms with van der Waals surface area (Å²) in [5.74, 6) is -0.522. The average molecular weight is 425 g/mol. The zero-order valence-electron chi connectivity index (χ0n) is 16.4. The number of rotatable bonds is 1. The molecular weight excluding hydrogens is 408 g/mol. The van der Waals surface area contributed by atoms with Gasteiger partial charge in [-0.05, 0) is 29.3 Å². The molecule has 0 unspecified atom stereocenters. The lowest BCUT2D eigenvalue weighted by molar-refractivity contribution is -0.286. The first-order valence-electron chi connectivity index (χ1n) is 9.88. The minimum Gasteiger partial charge on any atom is -0.395 e. The van der Waals surface area contributed by atoms with Crippen LogP contribution in [0.5, 0.6) is 11.5 Å². The third-order valence-corrected chi connectivity index (χ3v) is 6.19. The van der Waals surface area contributed by atoms with Crippen LogP contribution in [0.2, 0.25) is 0 Å². The molecule has 31 heavy (non-hydrogen) atoms. The highest BCUT2D eigenvalue weighted by molar-refractivity contribution is 5.97. The Morgan fingerprint density at radius 2 is 1.87 bits per heavy atom. The highest BCUT2D eigenvalue weighted by atomic mass is 19.3.